The molecule has 0 amide bonds. The minimum atomic E-state index is -4.04. The Hall–Kier alpha value is -6.70. The molecule has 0 fully saturated rings. The number of hydrogen-bond acceptors (Lipinski definition) is 3. The predicted molar refractivity (Wildman–Crippen MR) is 232 cm³/mol. The van der Waals surface area contributed by atoms with Crippen LogP contribution in [0.2, 0.25) is 0 Å². The third kappa shape index (κ3) is 4.67. The topological polar surface area (TPSA) is 38.9 Å². The van der Waals surface area contributed by atoms with Crippen molar-refractivity contribution in [1.29, 1.82) is 0 Å². The van der Waals surface area contributed by atoms with E-state index in [0.29, 0.717) is 0 Å². The van der Waals surface area contributed by atoms with Crippen LogP contribution >= 0.6 is 0 Å². The maximum atomic E-state index is 5.93. The van der Waals surface area contributed by atoms with Crippen LogP contribution in [0, 0.1) is 13.8 Å². The molecule has 56 heavy (non-hydrogen) atoms. The van der Waals surface area contributed by atoms with E-state index in [2.05, 4.69) is 214 Å². The molecule has 2 aliphatic heterocycles. The zero-order chi connectivity index (χ0) is 37.4. The Morgan fingerprint density at radius 2 is 0.929 bits per heavy atom. The summed E-state index contributed by atoms with van der Waals surface area (Å²) in [5.41, 5.74) is 14.7. The van der Waals surface area contributed by atoms with E-state index in [0.717, 1.165) is 67.8 Å². The van der Waals surface area contributed by atoms with Crippen LogP contribution in [-0.2, 0) is 0 Å². The van der Waals surface area contributed by atoms with Crippen LogP contribution in [0.3, 0.4) is 0 Å². The zero-order valence-corrected chi connectivity index (χ0v) is 33.2. The molecule has 5 nitrogen and oxygen atoms in total. The van der Waals surface area contributed by atoms with E-state index in [4.69, 9.17) is 10.1 Å². The molecule has 9 aromatic rings. The molecule has 1 spiro atoms. The maximum absolute atomic E-state index is 5.93. The molecule has 2 aromatic heterocycles. The number of aryl methyl sites for hydroxylation is 1. The Balaban J connectivity index is 1.33. The normalized spacial score (nSPS) is 13.3. The number of anilines is 3. The van der Waals surface area contributed by atoms with Gasteiger partial charge in [0, 0.05) is 0 Å². The minimum absolute atomic E-state index is 0.930. The van der Waals surface area contributed by atoms with Crippen molar-refractivity contribution in [3.63, 3.8) is 0 Å². The van der Waals surface area contributed by atoms with Crippen LogP contribution < -0.4 is 13.7 Å². The third-order valence-corrected chi connectivity index (χ3v) is 21.0. The van der Waals surface area contributed by atoms with E-state index < -0.39 is 13.7 Å². The molecular formula is C50H37GeN5. The van der Waals surface area contributed by atoms with E-state index >= 15 is 0 Å². The van der Waals surface area contributed by atoms with Crippen LogP contribution in [-0.4, -0.2) is 31.0 Å². The molecule has 0 saturated carbocycles. The molecular weight excluding hydrogens is 743 g/mol. The van der Waals surface area contributed by atoms with Gasteiger partial charge in [0.1, 0.15) is 0 Å². The number of aromatic nitrogens is 4. The van der Waals surface area contributed by atoms with Crippen molar-refractivity contribution in [1.82, 2.24) is 17.2 Å². The molecule has 266 valence electrons. The summed E-state index contributed by atoms with van der Waals surface area (Å²) < 4.78 is 7.87. The average Bonchev–Trinajstić information content (AvgIpc) is 3.90. The third-order valence-electron chi connectivity index (χ3n) is 11.6. The van der Waals surface area contributed by atoms with Crippen molar-refractivity contribution < 1.29 is 0 Å². The molecule has 0 N–H and O–H groups in total. The second kappa shape index (κ2) is 12.7. The van der Waals surface area contributed by atoms with E-state index in [1.807, 2.05) is 0 Å². The van der Waals surface area contributed by atoms with Gasteiger partial charge in [-0.3, -0.25) is 0 Å². The van der Waals surface area contributed by atoms with Crippen molar-refractivity contribution in [3.05, 3.63) is 199 Å². The van der Waals surface area contributed by atoms with Gasteiger partial charge in [-0.2, -0.15) is 0 Å². The standard InChI is InChI=1S/C50H37GeN5/c1-34-35(2)55-50(52-34)54(42-32-40(36-19-7-3-8-20-36)31-41(33-42)37-21-9-4-10-22-37)49-47(38-23-11-5-12-24-38)48(39-25-13-6-14-26-39)53-56(49)51(55)45-29-17-15-27-43(45)44-28-16-18-30-46(44)51/h3-33H,1-2H3. The molecule has 0 bridgehead atoms. The fourth-order valence-electron chi connectivity index (χ4n) is 9.06. The SMILES string of the molecule is Cc1nc2[n](c1C)[Ge]1([c]3ccccc3-c3cccc[c]31)[n]1nc(-c3ccccc3)c(-c3ccccc3)c1N2c1cc(-c2ccccc2)cc(-c2ccccc2)c1. The summed E-state index contributed by atoms with van der Waals surface area (Å²) in [5, 5.41) is 5.93. The van der Waals surface area contributed by atoms with Gasteiger partial charge in [0.05, 0.1) is 0 Å². The van der Waals surface area contributed by atoms with E-state index in [-0.39, 0.29) is 0 Å². The monoisotopic (exact) mass is 781 g/mol. The average molecular weight is 780 g/mol. The molecule has 0 unspecified atom stereocenters. The molecule has 7 aromatic carbocycles. The first kappa shape index (κ1) is 32.7. The summed E-state index contributed by atoms with van der Waals surface area (Å²) in [5.74, 6) is 1.98. The van der Waals surface area contributed by atoms with Gasteiger partial charge in [-0.15, -0.1) is 0 Å². The summed E-state index contributed by atoms with van der Waals surface area (Å²) in [6.07, 6.45) is 0. The van der Waals surface area contributed by atoms with Crippen LogP contribution in [0.15, 0.2) is 188 Å². The van der Waals surface area contributed by atoms with E-state index in [9.17, 15) is 0 Å². The number of benzene rings is 7. The van der Waals surface area contributed by atoms with Crippen LogP contribution in [0.5, 0.6) is 0 Å². The molecule has 0 aliphatic carbocycles. The first-order valence-corrected chi connectivity index (χ1v) is 23.2. The summed E-state index contributed by atoms with van der Waals surface area (Å²) in [6.45, 7) is 4.41. The summed E-state index contributed by atoms with van der Waals surface area (Å²) in [7, 11) is 0. The quantitative estimate of drug-likeness (QED) is 0.163. The van der Waals surface area contributed by atoms with Gasteiger partial charge in [-0.1, -0.05) is 0 Å². The molecule has 0 saturated heterocycles. The van der Waals surface area contributed by atoms with Gasteiger partial charge in [0.2, 0.25) is 0 Å². The first-order valence-electron chi connectivity index (χ1n) is 19.2. The van der Waals surface area contributed by atoms with Gasteiger partial charge in [0.15, 0.2) is 0 Å². The van der Waals surface area contributed by atoms with Crippen LogP contribution in [0.1, 0.15) is 11.4 Å². The summed E-state index contributed by atoms with van der Waals surface area (Å²) in [4.78, 5) is 8.01. The Bertz CT molecular complexity index is 2830. The predicted octanol–water partition coefficient (Wildman–Crippen LogP) is 10.8. The number of rotatable bonds is 5. The van der Waals surface area contributed by atoms with Crippen molar-refractivity contribution in [2.24, 2.45) is 0 Å². The second-order valence-electron chi connectivity index (χ2n) is 14.7. The van der Waals surface area contributed by atoms with E-state index in [1.54, 1.807) is 0 Å². The van der Waals surface area contributed by atoms with Crippen molar-refractivity contribution >= 4 is 40.0 Å². The molecule has 11 rings (SSSR count). The van der Waals surface area contributed by atoms with Gasteiger partial charge in [0.25, 0.3) is 0 Å². The van der Waals surface area contributed by atoms with Crippen LogP contribution in [0.4, 0.5) is 17.5 Å². The second-order valence-corrected chi connectivity index (χ2v) is 21.6. The van der Waals surface area contributed by atoms with Gasteiger partial charge >= 0.3 is 331 Å². The van der Waals surface area contributed by atoms with Gasteiger partial charge in [-0.05, 0) is 0 Å². The fourth-order valence-corrected chi connectivity index (χ4v) is 19.8. The van der Waals surface area contributed by atoms with Gasteiger partial charge < -0.3 is 0 Å². The Kier molecular flexibility index (Phi) is 7.41. The molecule has 6 heteroatoms. The number of imidazole rings is 1. The number of fused-ring (bicyclic) bond motifs is 9. The molecule has 2 aliphatic rings. The van der Waals surface area contributed by atoms with Crippen LogP contribution in [0.25, 0.3) is 55.8 Å². The Morgan fingerprint density at radius 3 is 1.46 bits per heavy atom. The van der Waals surface area contributed by atoms with Crippen molar-refractivity contribution in [2.75, 3.05) is 4.90 Å². The molecule has 0 radical (unpaired) electrons. The summed E-state index contributed by atoms with van der Waals surface area (Å²) >= 11 is -4.04. The first-order chi connectivity index (χ1) is 27.6. The van der Waals surface area contributed by atoms with Crippen molar-refractivity contribution in [3.8, 4) is 55.8 Å². The van der Waals surface area contributed by atoms with Crippen molar-refractivity contribution in [2.45, 2.75) is 13.8 Å². The molecule has 0 atom stereocenters. The number of nitrogens with zero attached hydrogens (tertiary/aromatic N) is 5. The zero-order valence-electron chi connectivity index (χ0n) is 31.1. The molecule has 4 heterocycles. The number of hydrogen-bond donors (Lipinski definition) is 0. The summed E-state index contributed by atoms with van der Waals surface area (Å²) in [6, 6.07) is 68.0. The fraction of sp³-hybridized carbons (Fsp3) is 0.0400. The Labute approximate surface area is 329 Å². The van der Waals surface area contributed by atoms with E-state index in [1.165, 1.54) is 25.6 Å². The van der Waals surface area contributed by atoms with Gasteiger partial charge in [-0.25, -0.2) is 0 Å². The Morgan fingerprint density at radius 1 is 0.464 bits per heavy atom.